The molecule has 0 amide bonds. The second-order valence-electron chi connectivity index (χ2n) is 5.06. The Hall–Kier alpha value is -2.88. The number of pyridine rings is 1. The Morgan fingerprint density at radius 2 is 1.62 bits per heavy atom. The van der Waals surface area contributed by atoms with E-state index in [4.69, 9.17) is 0 Å². The quantitative estimate of drug-likeness (QED) is 0.562. The number of carbonyl (C=O) groups is 1. The van der Waals surface area contributed by atoms with Crippen LogP contribution in [-0.2, 0) is 0 Å². The minimum Gasteiger partial charge on any atom is -0.383 e. The van der Waals surface area contributed by atoms with Crippen LogP contribution in [-0.4, -0.2) is 17.8 Å². The van der Waals surface area contributed by atoms with Crippen molar-refractivity contribution in [2.45, 2.75) is 0 Å². The molecule has 3 aromatic rings. The van der Waals surface area contributed by atoms with Gasteiger partial charge in [-0.2, -0.15) is 0 Å². The summed E-state index contributed by atoms with van der Waals surface area (Å²) in [4.78, 5) is 27.8. The van der Waals surface area contributed by atoms with Gasteiger partial charge in [-0.25, -0.2) is 0 Å². The number of nitrogens with one attached hydrogen (secondary N) is 2. The fraction of sp³-hybridized carbons (Fsp3) is 0.0588. The van der Waals surface area contributed by atoms with E-state index < -0.39 is 0 Å². The zero-order valence-electron chi connectivity index (χ0n) is 11.4. The topological polar surface area (TPSA) is 62.0 Å². The minimum atomic E-state index is -0.179. The van der Waals surface area contributed by atoms with Crippen molar-refractivity contribution in [2.75, 3.05) is 12.4 Å². The average Bonchev–Trinajstić information content (AvgIpc) is 2.51. The molecule has 4 nitrogen and oxygen atoms in total. The smallest absolute Gasteiger partial charge is 0.272 e. The lowest BCUT2D eigenvalue weighted by molar-refractivity contribution is 0.104. The third-order valence-electron chi connectivity index (χ3n) is 3.98. The van der Waals surface area contributed by atoms with Gasteiger partial charge in [0.05, 0.1) is 0 Å². The van der Waals surface area contributed by atoms with Crippen LogP contribution in [0.4, 0.5) is 5.69 Å². The van der Waals surface area contributed by atoms with Gasteiger partial charge in [0, 0.05) is 34.6 Å². The molecule has 0 radical (unpaired) electrons. The van der Waals surface area contributed by atoms with Crippen LogP contribution in [0.25, 0.3) is 22.0 Å². The molecule has 0 atom stereocenters. The lowest BCUT2D eigenvalue weighted by Gasteiger charge is -2.21. The maximum Gasteiger partial charge on any atom is 0.272 e. The average molecular weight is 276 g/mol. The van der Waals surface area contributed by atoms with E-state index in [0.717, 1.165) is 16.5 Å². The minimum absolute atomic E-state index is 0.00204. The molecule has 1 aliphatic carbocycles. The van der Waals surface area contributed by atoms with Crippen molar-refractivity contribution in [3.05, 3.63) is 63.9 Å². The Bertz CT molecular complexity index is 970. The number of ketones is 1. The molecule has 102 valence electrons. The first-order valence-electron chi connectivity index (χ1n) is 6.73. The number of hydrogen-bond donors (Lipinski definition) is 2. The number of H-pyrrole nitrogens is 1. The van der Waals surface area contributed by atoms with Crippen LogP contribution in [0.15, 0.2) is 47.3 Å². The van der Waals surface area contributed by atoms with Crippen molar-refractivity contribution in [2.24, 2.45) is 0 Å². The van der Waals surface area contributed by atoms with Crippen molar-refractivity contribution >= 4 is 22.4 Å². The summed E-state index contributed by atoms with van der Waals surface area (Å²) in [6.07, 6.45) is 0. The second-order valence-corrected chi connectivity index (χ2v) is 5.06. The van der Waals surface area contributed by atoms with Gasteiger partial charge in [-0.3, -0.25) is 9.59 Å². The summed E-state index contributed by atoms with van der Waals surface area (Å²) in [5, 5.41) is 3.78. The molecule has 2 aromatic carbocycles. The summed E-state index contributed by atoms with van der Waals surface area (Å²) < 4.78 is 0. The highest BCUT2D eigenvalue weighted by molar-refractivity contribution is 6.26. The molecule has 0 unspecified atom stereocenters. The zero-order chi connectivity index (χ0) is 14.6. The van der Waals surface area contributed by atoms with E-state index in [2.05, 4.69) is 10.3 Å². The molecule has 1 aliphatic rings. The molecule has 0 spiro atoms. The van der Waals surface area contributed by atoms with Crippen LogP contribution in [0.2, 0.25) is 0 Å². The monoisotopic (exact) mass is 276 g/mol. The lowest BCUT2D eigenvalue weighted by atomic mass is 9.83. The molecule has 0 saturated carbocycles. The van der Waals surface area contributed by atoms with Crippen molar-refractivity contribution in [1.82, 2.24) is 4.98 Å². The number of anilines is 1. The Kier molecular flexibility index (Phi) is 2.30. The number of hydrogen-bond acceptors (Lipinski definition) is 3. The maximum atomic E-state index is 12.7. The van der Waals surface area contributed by atoms with Gasteiger partial charge in [0.15, 0.2) is 5.78 Å². The Morgan fingerprint density at radius 3 is 2.38 bits per heavy atom. The molecule has 1 aromatic heterocycles. The fourth-order valence-electron chi connectivity index (χ4n) is 3.09. The maximum absolute atomic E-state index is 12.7. The molecule has 4 heteroatoms. The SMILES string of the molecule is CNc1c2c3c(cccc3[nH]c1=O)C(=O)c1ccccc1-2. The molecule has 0 aliphatic heterocycles. The van der Waals surface area contributed by atoms with Gasteiger partial charge >= 0.3 is 0 Å². The van der Waals surface area contributed by atoms with Crippen LogP contribution in [0.5, 0.6) is 0 Å². The summed E-state index contributed by atoms with van der Waals surface area (Å²) in [5.74, 6) is -0.00204. The Morgan fingerprint density at radius 1 is 0.905 bits per heavy atom. The lowest BCUT2D eigenvalue weighted by Crippen LogP contribution is -2.18. The number of aromatic amines is 1. The van der Waals surface area contributed by atoms with Crippen molar-refractivity contribution in [3.8, 4) is 11.1 Å². The van der Waals surface area contributed by atoms with E-state index in [0.29, 0.717) is 22.3 Å². The summed E-state index contributed by atoms with van der Waals surface area (Å²) >= 11 is 0. The van der Waals surface area contributed by atoms with E-state index in [1.54, 1.807) is 19.2 Å². The molecule has 1 heterocycles. The van der Waals surface area contributed by atoms with Gasteiger partial charge in [-0.15, -0.1) is 0 Å². The summed E-state index contributed by atoms with van der Waals surface area (Å²) in [6, 6.07) is 12.8. The molecular weight excluding hydrogens is 264 g/mol. The predicted molar refractivity (Wildman–Crippen MR) is 83.0 cm³/mol. The number of aromatic nitrogens is 1. The van der Waals surface area contributed by atoms with E-state index >= 15 is 0 Å². The molecule has 0 fully saturated rings. The first-order valence-corrected chi connectivity index (χ1v) is 6.73. The summed E-state index contributed by atoms with van der Waals surface area (Å²) in [6.45, 7) is 0. The molecule has 0 bridgehead atoms. The Balaban J connectivity index is 2.33. The van der Waals surface area contributed by atoms with Gasteiger partial charge in [-0.1, -0.05) is 36.4 Å². The first kappa shape index (κ1) is 11.9. The van der Waals surface area contributed by atoms with E-state index in [1.807, 2.05) is 30.3 Å². The van der Waals surface area contributed by atoms with Crippen molar-refractivity contribution in [1.29, 1.82) is 0 Å². The number of benzene rings is 2. The highest BCUT2D eigenvalue weighted by atomic mass is 16.1. The van der Waals surface area contributed by atoms with Gasteiger partial charge in [0.1, 0.15) is 5.69 Å². The van der Waals surface area contributed by atoms with E-state index in [1.165, 1.54) is 0 Å². The normalized spacial score (nSPS) is 12.3. The number of fused-ring (bicyclic) bond motifs is 2. The summed E-state index contributed by atoms with van der Waals surface area (Å²) in [7, 11) is 1.72. The van der Waals surface area contributed by atoms with E-state index in [9.17, 15) is 9.59 Å². The third kappa shape index (κ3) is 1.44. The zero-order valence-corrected chi connectivity index (χ0v) is 11.4. The van der Waals surface area contributed by atoms with Gasteiger partial charge in [-0.05, 0) is 11.6 Å². The highest BCUT2D eigenvalue weighted by Gasteiger charge is 2.27. The molecule has 4 rings (SSSR count). The Labute approximate surface area is 120 Å². The van der Waals surface area contributed by atoms with Crippen LogP contribution in [0.1, 0.15) is 15.9 Å². The number of carbonyl (C=O) groups excluding carboxylic acids is 1. The summed E-state index contributed by atoms with van der Waals surface area (Å²) in [5.41, 5.74) is 3.89. The third-order valence-corrected chi connectivity index (χ3v) is 3.98. The molecule has 2 N–H and O–H groups in total. The van der Waals surface area contributed by atoms with Crippen LogP contribution >= 0.6 is 0 Å². The second kappa shape index (κ2) is 4.06. The molecular formula is C17H12N2O2. The molecule has 0 saturated heterocycles. The van der Waals surface area contributed by atoms with Crippen molar-refractivity contribution in [3.63, 3.8) is 0 Å². The first-order chi connectivity index (χ1) is 10.2. The fourth-order valence-corrected chi connectivity index (χ4v) is 3.09. The molecule has 21 heavy (non-hydrogen) atoms. The van der Waals surface area contributed by atoms with Crippen LogP contribution in [0.3, 0.4) is 0 Å². The highest BCUT2D eigenvalue weighted by Crippen LogP contribution is 2.41. The predicted octanol–water partition coefficient (Wildman–Crippen LogP) is 2.78. The van der Waals surface area contributed by atoms with Crippen LogP contribution < -0.4 is 10.9 Å². The van der Waals surface area contributed by atoms with Gasteiger partial charge < -0.3 is 10.3 Å². The van der Waals surface area contributed by atoms with Crippen molar-refractivity contribution < 1.29 is 4.79 Å². The largest absolute Gasteiger partial charge is 0.383 e. The van der Waals surface area contributed by atoms with Gasteiger partial charge in [0.25, 0.3) is 5.56 Å². The van der Waals surface area contributed by atoms with E-state index in [-0.39, 0.29) is 11.3 Å². The standard InChI is InChI=1S/C17H12N2O2/c1-18-15-14-9-5-2-3-6-10(9)16(20)11-7-4-8-12(13(11)14)19-17(15)21/h2-8,18H,1H3,(H,19,21). The van der Waals surface area contributed by atoms with Gasteiger partial charge in [0.2, 0.25) is 0 Å². The van der Waals surface area contributed by atoms with Crippen LogP contribution in [0, 0.1) is 0 Å². The number of rotatable bonds is 1.